The van der Waals surface area contributed by atoms with Crippen LogP contribution in [0.4, 0.5) is 0 Å². The van der Waals surface area contributed by atoms with Crippen LogP contribution >= 0.6 is 11.6 Å². The predicted octanol–water partition coefficient (Wildman–Crippen LogP) is 1.43. The fraction of sp³-hybridized carbons (Fsp3) is 0.600. The minimum Gasteiger partial charge on any atom is -0.336 e. The number of aryl methyl sites for hydroxylation is 2. The molecular formula is C10H16ClN3O. The van der Waals surface area contributed by atoms with Crippen LogP contribution < -0.4 is 0 Å². The van der Waals surface area contributed by atoms with E-state index < -0.39 is 0 Å². The molecule has 0 aromatic carbocycles. The molecule has 1 atom stereocenters. The maximum atomic E-state index is 12.0. The van der Waals surface area contributed by atoms with E-state index in [1.165, 1.54) is 0 Å². The molecule has 1 unspecified atom stereocenters. The van der Waals surface area contributed by atoms with Crippen LogP contribution in [0.5, 0.6) is 0 Å². The SMILES string of the molecule is Cc1cc(C(=O)N(C)C(C)CCl)n(C)n1. The van der Waals surface area contributed by atoms with Gasteiger partial charge in [0, 0.05) is 26.0 Å². The largest absolute Gasteiger partial charge is 0.336 e. The molecule has 0 bridgehead atoms. The van der Waals surface area contributed by atoms with Gasteiger partial charge in [0.2, 0.25) is 0 Å². The first-order valence-electron chi connectivity index (χ1n) is 4.81. The van der Waals surface area contributed by atoms with Gasteiger partial charge in [-0.15, -0.1) is 11.6 Å². The lowest BCUT2D eigenvalue weighted by atomic mass is 10.3. The van der Waals surface area contributed by atoms with Gasteiger partial charge in [-0.25, -0.2) is 0 Å². The van der Waals surface area contributed by atoms with Gasteiger partial charge in [-0.3, -0.25) is 9.48 Å². The monoisotopic (exact) mass is 229 g/mol. The summed E-state index contributed by atoms with van der Waals surface area (Å²) in [4.78, 5) is 13.6. The second kappa shape index (κ2) is 4.66. The first-order chi connectivity index (χ1) is 6.97. The maximum absolute atomic E-state index is 12.0. The first kappa shape index (κ1) is 12.0. The van der Waals surface area contributed by atoms with Crippen molar-refractivity contribution < 1.29 is 4.79 Å². The van der Waals surface area contributed by atoms with E-state index in [0.717, 1.165) is 5.69 Å². The molecule has 0 aliphatic rings. The van der Waals surface area contributed by atoms with Crippen molar-refractivity contribution in [3.8, 4) is 0 Å². The Kier molecular flexibility index (Phi) is 3.74. The van der Waals surface area contributed by atoms with Crippen molar-refractivity contribution in [3.05, 3.63) is 17.5 Å². The Morgan fingerprint density at radius 1 is 1.73 bits per heavy atom. The number of amides is 1. The van der Waals surface area contributed by atoms with Crippen LogP contribution in [0.25, 0.3) is 0 Å². The van der Waals surface area contributed by atoms with Gasteiger partial charge in [-0.2, -0.15) is 5.10 Å². The Balaban J connectivity index is 2.89. The van der Waals surface area contributed by atoms with Crippen molar-refractivity contribution in [2.75, 3.05) is 12.9 Å². The molecule has 4 nitrogen and oxygen atoms in total. The number of carbonyl (C=O) groups is 1. The van der Waals surface area contributed by atoms with Gasteiger partial charge >= 0.3 is 0 Å². The average molecular weight is 230 g/mol. The van der Waals surface area contributed by atoms with E-state index in [9.17, 15) is 4.79 Å². The van der Waals surface area contributed by atoms with Gasteiger partial charge < -0.3 is 4.90 Å². The summed E-state index contributed by atoms with van der Waals surface area (Å²) in [6, 6.07) is 1.80. The average Bonchev–Trinajstić information content (AvgIpc) is 2.54. The highest BCUT2D eigenvalue weighted by atomic mass is 35.5. The molecule has 0 aliphatic carbocycles. The van der Waals surface area contributed by atoms with Crippen LogP contribution in [-0.4, -0.2) is 39.6 Å². The molecule has 0 radical (unpaired) electrons. The molecular weight excluding hydrogens is 214 g/mol. The Morgan fingerprint density at radius 2 is 2.33 bits per heavy atom. The summed E-state index contributed by atoms with van der Waals surface area (Å²) in [5.74, 6) is 0.380. The molecule has 1 aromatic heterocycles. The Labute approximate surface area is 94.8 Å². The third kappa shape index (κ3) is 2.50. The standard InChI is InChI=1S/C10H16ClN3O/c1-7-5-9(14(4)12-7)10(15)13(3)8(2)6-11/h5,8H,6H2,1-4H3. The van der Waals surface area contributed by atoms with Crippen LogP contribution in [0.1, 0.15) is 23.1 Å². The topological polar surface area (TPSA) is 38.1 Å². The summed E-state index contributed by atoms with van der Waals surface area (Å²) < 4.78 is 1.59. The molecule has 0 aliphatic heterocycles. The van der Waals surface area contributed by atoms with E-state index in [-0.39, 0.29) is 11.9 Å². The number of nitrogens with zero attached hydrogens (tertiary/aromatic N) is 3. The van der Waals surface area contributed by atoms with E-state index >= 15 is 0 Å². The number of alkyl halides is 1. The normalized spacial score (nSPS) is 12.6. The molecule has 84 valence electrons. The van der Waals surface area contributed by atoms with Gasteiger partial charge in [0.05, 0.1) is 5.69 Å². The quantitative estimate of drug-likeness (QED) is 0.736. The highest BCUT2D eigenvalue weighted by Gasteiger charge is 2.19. The van der Waals surface area contributed by atoms with Crippen LogP contribution in [-0.2, 0) is 7.05 Å². The third-order valence-electron chi connectivity index (χ3n) is 2.43. The zero-order chi connectivity index (χ0) is 11.6. The molecule has 5 heteroatoms. The van der Waals surface area contributed by atoms with Crippen molar-refractivity contribution in [1.82, 2.24) is 14.7 Å². The summed E-state index contributed by atoms with van der Waals surface area (Å²) >= 11 is 5.71. The van der Waals surface area contributed by atoms with E-state index in [2.05, 4.69) is 5.10 Å². The summed E-state index contributed by atoms with van der Waals surface area (Å²) in [5, 5.41) is 4.14. The second-order valence-electron chi connectivity index (χ2n) is 3.71. The summed E-state index contributed by atoms with van der Waals surface area (Å²) in [5.41, 5.74) is 1.43. The molecule has 1 amide bonds. The number of rotatable bonds is 3. The van der Waals surface area contributed by atoms with Gasteiger partial charge in [-0.1, -0.05) is 0 Å². The lowest BCUT2D eigenvalue weighted by molar-refractivity contribution is 0.0745. The van der Waals surface area contributed by atoms with Crippen molar-refractivity contribution in [1.29, 1.82) is 0 Å². The molecule has 0 N–H and O–H groups in total. The molecule has 1 rings (SSSR count). The van der Waals surface area contributed by atoms with E-state index in [0.29, 0.717) is 11.6 Å². The fourth-order valence-electron chi connectivity index (χ4n) is 1.30. The summed E-state index contributed by atoms with van der Waals surface area (Å²) in [6.07, 6.45) is 0. The summed E-state index contributed by atoms with van der Waals surface area (Å²) in [7, 11) is 3.51. The Hall–Kier alpha value is -1.03. The van der Waals surface area contributed by atoms with Gasteiger partial charge in [0.1, 0.15) is 5.69 Å². The fourth-order valence-corrected chi connectivity index (χ4v) is 1.50. The number of aromatic nitrogens is 2. The Bertz CT molecular complexity index is 362. The lowest BCUT2D eigenvalue weighted by Crippen LogP contribution is -2.37. The zero-order valence-electron chi connectivity index (χ0n) is 9.49. The molecule has 15 heavy (non-hydrogen) atoms. The van der Waals surface area contributed by atoms with Gasteiger partial charge in [0.15, 0.2) is 0 Å². The van der Waals surface area contributed by atoms with Crippen LogP contribution in [0, 0.1) is 6.92 Å². The number of carbonyl (C=O) groups excluding carboxylic acids is 1. The van der Waals surface area contributed by atoms with E-state index in [4.69, 9.17) is 11.6 Å². The molecule has 0 spiro atoms. The maximum Gasteiger partial charge on any atom is 0.272 e. The molecule has 0 saturated heterocycles. The second-order valence-corrected chi connectivity index (χ2v) is 4.02. The zero-order valence-corrected chi connectivity index (χ0v) is 10.2. The predicted molar refractivity (Wildman–Crippen MR) is 60.2 cm³/mol. The molecule has 0 fully saturated rings. The van der Waals surface area contributed by atoms with Crippen molar-refractivity contribution in [2.24, 2.45) is 7.05 Å². The lowest BCUT2D eigenvalue weighted by Gasteiger charge is -2.22. The van der Waals surface area contributed by atoms with Crippen LogP contribution in [0.15, 0.2) is 6.07 Å². The van der Waals surface area contributed by atoms with Crippen molar-refractivity contribution >= 4 is 17.5 Å². The minimum absolute atomic E-state index is 0.0226. The van der Waals surface area contributed by atoms with E-state index in [1.807, 2.05) is 13.8 Å². The molecule has 1 heterocycles. The highest BCUT2D eigenvalue weighted by molar-refractivity contribution is 6.18. The number of hydrogen-bond donors (Lipinski definition) is 0. The highest BCUT2D eigenvalue weighted by Crippen LogP contribution is 2.08. The van der Waals surface area contributed by atoms with Crippen molar-refractivity contribution in [3.63, 3.8) is 0 Å². The summed E-state index contributed by atoms with van der Waals surface area (Å²) in [6.45, 7) is 3.77. The molecule has 0 saturated carbocycles. The number of hydrogen-bond acceptors (Lipinski definition) is 2. The molecule has 1 aromatic rings. The first-order valence-corrected chi connectivity index (χ1v) is 5.34. The Morgan fingerprint density at radius 3 is 2.73 bits per heavy atom. The van der Waals surface area contributed by atoms with Crippen LogP contribution in [0.2, 0.25) is 0 Å². The van der Waals surface area contributed by atoms with Crippen molar-refractivity contribution in [2.45, 2.75) is 19.9 Å². The van der Waals surface area contributed by atoms with Gasteiger partial charge in [0.25, 0.3) is 5.91 Å². The van der Waals surface area contributed by atoms with E-state index in [1.54, 1.807) is 29.7 Å². The third-order valence-corrected chi connectivity index (χ3v) is 2.87. The van der Waals surface area contributed by atoms with Crippen LogP contribution in [0.3, 0.4) is 0 Å². The minimum atomic E-state index is -0.0498. The smallest absolute Gasteiger partial charge is 0.272 e. The van der Waals surface area contributed by atoms with Gasteiger partial charge in [-0.05, 0) is 19.9 Å². The number of halogens is 1.